The van der Waals surface area contributed by atoms with Crippen LogP contribution in [0, 0.1) is 0 Å². The molecule has 0 aliphatic heterocycles. The molecule has 1 aliphatic carbocycles. The van der Waals surface area contributed by atoms with E-state index < -0.39 is 78.4 Å². The highest BCUT2D eigenvalue weighted by atomic mass is 31.2. The molecule has 1 saturated carbocycles. The highest BCUT2D eigenvalue weighted by Gasteiger charge is 2.62. The van der Waals surface area contributed by atoms with Crippen LogP contribution in [0.1, 0.15) is 59.3 Å². The smallest absolute Gasteiger partial charge is 0.439 e. The lowest BCUT2D eigenvalue weighted by molar-refractivity contribution is -0.211. The Morgan fingerprint density at radius 3 is 0.933 bits per heavy atom. The summed E-state index contributed by atoms with van der Waals surface area (Å²) in [7, 11) is -17.2. The first-order chi connectivity index (χ1) is 20.8. The van der Waals surface area contributed by atoms with Gasteiger partial charge in [-0.25, -0.2) is 28.1 Å². The third kappa shape index (κ3) is 16.5. The van der Waals surface area contributed by atoms with E-state index in [0.29, 0.717) is 38.5 Å². The van der Waals surface area contributed by atoms with Crippen molar-refractivity contribution < 1.29 is 85.2 Å². The Morgan fingerprint density at radius 1 is 0.489 bits per heavy atom. The van der Waals surface area contributed by atoms with E-state index in [9.17, 15) is 57.4 Å². The van der Waals surface area contributed by atoms with Crippen LogP contribution >= 0.6 is 23.5 Å². The SMILES string of the molecule is CCCCNC(=O)OC1C(OC(=O)NCCCC)C(OP(=O)(O)O)C(OP(=O)(O)O)C(OP(=O)(O)O)C1OC(=O)NCCCC. The summed E-state index contributed by atoms with van der Waals surface area (Å²) in [6, 6.07) is 0. The number of alkyl carbamates (subject to hydrolysis) is 3. The molecule has 0 heterocycles. The fourth-order valence-electron chi connectivity index (χ4n) is 3.96. The summed E-state index contributed by atoms with van der Waals surface area (Å²) in [6.07, 6.45) is -15.5. The van der Waals surface area contributed by atoms with Crippen LogP contribution < -0.4 is 16.0 Å². The molecular formula is C21H42N3O18P3. The Labute approximate surface area is 258 Å². The summed E-state index contributed by atoms with van der Waals surface area (Å²) in [6.45, 7) is 5.44. The molecule has 0 aromatic carbocycles. The summed E-state index contributed by atoms with van der Waals surface area (Å²) in [4.78, 5) is 96.1. The monoisotopic (exact) mass is 717 g/mol. The van der Waals surface area contributed by atoms with Crippen LogP contribution in [0.2, 0.25) is 0 Å². The van der Waals surface area contributed by atoms with E-state index in [1.807, 2.05) is 0 Å². The summed E-state index contributed by atoms with van der Waals surface area (Å²) >= 11 is 0. The van der Waals surface area contributed by atoms with Crippen molar-refractivity contribution in [3.05, 3.63) is 0 Å². The van der Waals surface area contributed by atoms with Crippen LogP contribution in [0.3, 0.4) is 0 Å². The van der Waals surface area contributed by atoms with Gasteiger partial charge in [-0.2, -0.15) is 0 Å². The number of nitrogens with one attached hydrogen (secondary N) is 3. The second-order valence-electron chi connectivity index (χ2n) is 9.63. The van der Waals surface area contributed by atoms with Gasteiger partial charge >= 0.3 is 41.7 Å². The van der Waals surface area contributed by atoms with Gasteiger partial charge in [0.1, 0.15) is 18.3 Å². The number of hydrogen-bond acceptors (Lipinski definition) is 12. The number of carbonyl (C=O) groups is 3. The van der Waals surface area contributed by atoms with Gasteiger partial charge in [-0.05, 0) is 19.3 Å². The van der Waals surface area contributed by atoms with E-state index in [-0.39, 0.29) is 19.6 Å². The molecule has 0 bridgehead atoms. The minimum Gasteiger partial charge on any atom is -0.439 e. The summed E-state index contributed by atoms with van der Waals surface area (Å²) < 4.78 is 65.7. The average molecular weight is 717 g/mol. The molecule has 0 aromatic rings. The molecule has 21 nitrogen and oxygen atoms in total. The lowest BCUT2D eigenvalue weighted by atomic mass is 9.84. The molecule has 1 rings (SSSR count). The largest absolute Gasteiger partial charge is 0.470 e. The van der Waals surface area contributed by atoms with Gasteiger partial charge in [-0.1, -0.05) is 40.0 Å². The molecule has 9 N–H and O–H groups in total. The molecule has 0 radical (unpaired) electrons. The number of hydrogen-bond donors (Lipinski definition) is 9. The Morgan fingerprint density at radius 2 is 0.711 bits per heavy atom. The molecule has 3 amide bonds. The topological polar surface area (TPSA) is 315 Å². The number of unbranched alkanes of at least 4 members (excludes halogenated alkanes) is 3. The highest BCUT2D eigenvalue weighted by Crippen LogP contribution is 2.51. The quantitative estimate of drug-likeness (QED) is 0.0545. The van der Waals surface area contributed by atoms with Crippen LogP contribution in [-0.4, -0.2) is 104 Å². The van der Waals surface area contributed by atoms with E-state index in [4.69, 9.17) is 14.2 Å². The standard InChI is InChI=1S/C21H42N3O18P3/c1-4-7-10-22-19(25)37-13-14(38-20(26)23-11-8-5-2)16(40-43(28,29)30)18(42-45(34,35)36)17(41-44(31,32)33)15(13)39-21(27)24-12-9-6-3/h13-18H,4-12H2,1-3H3,(H,22,25)(H,23,26)(H,24,27)(H2,28,29,30)(H2,31,32,33)(H2,34,35,36). The minimum absolute atomic E-state index is 0.0151. The predicted octanol–water partition coefficient (Wildman–Crippen LogP) is 1.12. The van der Waals surface area contributed by atoms with Crippen molar-refractivity contribution in [1.29, 1.82) is 0 Å². The Kier molecular flexibility index (Phi) is 17.5. The maximum Gasteiger partial charge on any atom is 0.470 e. The number of rotatable bonds is 18. The third-order valence-electron chi connectivity index (χ3n) is 5.85. The molecule has 45 heavy (non-hydrogen) atoms. The Hall–Kier alpha value is -1.86. The molecule has 4 unspecified atom stereocenters. The Balaban J connectivity index is 3.88. The van der Waals surface area contributed by atoms with Gasteiger partial charge in [0.15, 0.2) is 18.3 Å². The van der Waals surface area contributed by atoms with Gasteiger partial charge in [-0.15, -0.1) is 0 Å². The van der Waals surface area contributed by atoms with Crippen LogP contribution in [-0.2, 0) is 41.5 Å². The van der Waals surface area contributed by atoms with Crippen molar-refractivity contribution in [2.75, 3.05) is 19.6 Å². The van der Waals surface area contributed by atoms with E-state index in [1.54, 1.807) is 20.8 Å². The number of phosphoric ester groups is 3. The minimum atomic E-state index is -5.77. The second kappa shape index (κ2) is 19.1. The molecule has 1 fully saturated rings. The fraction of sp³-hybridized carbons (Fsp3) is 0.857. The predicted molar refractivity (Wildman–Crippen MR) is 150 cm³/mol. The molecule has 0 saturated heterocycles. The van der Waals surface area contributed by atoms with Gasteiger partial charge in [-0.3, -0.25) is 13.6 Å². The first-order valence-corrected chi connectivity index (χ1v) is 18.5. The summed E-state index contributed by atoms with van der Waals surface area (Å²) in [5.74, 6) is 0. The van der Waals surface area contributed by atoms with Gasteiger partial charge < -0.3 is 59.5 Å². The first-order valence-electron chi connectivity index (χ1n) is 13.9. The molecule has 1 aliphatic rings. The molecule has 24 heteroatoms. The van der Waals surface area contributed by atoms with Crippen molar-refractivity contribution in [3.63, 3.8) is 0 Å². The van der Waals surface area contributed by atoms with E-state index in [0.717, 1.165) is 0 Å². The van der Waals surface area contributed by atoms with Gasteiger partial charge in [0.2, 0.25) is 0 Å². The molecule has 4 atom stereocenters. The summed E-state index contributed by atoms with van der Waals surface area (Å²) in [5, 5.41) is 6.91. The van der Waals surface area contributed by atoms with Crippen molar-refractivity contribution in [3.8, 4) is 0 Å². The maximum absolute atomic E-state index is 12.8. The number of phosphoric acid groups is 3. The second-order valence-corrected chi connectivity index (χ2v) is 13.2. The highest BCUT2D eigenvalue weighted by molar-refractivity contribution is 7.47. The molecule has 264 valence electrons. The average Bonchev–Trinajstić information content (AvgIpc) is 2.88. The molecular weight excluding hydrogens is 675 g/mol. The third-order valence-corrected chi connectivity index (χ3v) is 7.40. The van der Waals surface area contributed by atoms with Gasteiger partial charge in [0.25, 0.3) is 0 Å². The number of ether oxygens (including phenoxy) is 3. The Bertz CT molecular complexity index is 1040. The van der Waals surface area contributed by atoms with E-state index in [2.05, 4.69) is 29.5 Å². The van der Waals surface area contributed by atoms with E-state index in [1.165, 1.54) is 0 Å². The van der Waals surface area contributed by atoms with E-state index >= 15 is 0 Å². The van der Waals surface area contributed by atoms with Crippen molar-refractivity contribution >= 4 is 41.7 Å². The maximum atomic E-state index is 12.8. The zero-order valence-corrected chi connectivity index (χ0v) is 27.4. The van der Waals surface area contributed by atoms with Crippen LogP contribution in [0.5, 0.6) is 0 Å². The first kappa shape index (κ1) is 41.2. The lowest BCUT2D eigenvalue weighted by Crippen LogP contribution is -2.68. The van der Waals surface area contributed by atoms with Crippen LogP contribution in [0.15, 0.2) is 0 Å². The van der Waals surface area contributed by atoms with Crippen molar-refractivity contribution in [1.82, 2.24) is 16.0 Å². The normalized spacial score (nSPS) is 23.9. The molecule has 0 aromatic heterocycles. The molecule has 0 spiro atoms. The number of amides is 3. The van der Waals surface area contributed by atoms with Crippen LogP contribution in [0.25, 0.3) is 0 Å². The van der Waals surface area contributed by atoms with Gasteiger partial charge in [0.05, 0.1) is 0 Å². The number of carbonyl (C=O) groups excluding carboxylic acids is 3. The fourth-order valence-corrected chi connectivity index (χ4v) is 5.63. The van der Waals surface area contributed by atoms with Crippen molar-refractivity contribution in [2.45, 2.75) is 95.9 Å². The lowest BCUT2D eigenvalue weighted by Gasteiger charge is -2.47. The van der Waals surface area contributed by atoms with Crippen molar-refractivity contribution in [2.24, 2.45) is 0 Å². The zero-order chi connectivity index (χ0) is 34.4. The zero-order valence-electron chi connectivity index (χ0n) is 24.8. The summed E-state index contributed by atoms with van der Waals surface area (Å²) in [5.41, 5.74) is 0. The van der Waals surface area contributed by atoms with Crippen LogP contribution in [0.4, 0.5) is 14.4 Å². The van der Waals surface area contributed by atoms with Gasteiger partial charge in [0, 0.05) is 19.6 Å².